The molecule has 0 spiro atoms. The van der Waals surface area contributed by atoms with Crippen LogP contribution in [0.3, 0.4) is 0 Å². The Morgan fingerprint density at radius 3 is 2.89 bits per heavy atom. The van der Waals surface area contributed by atoms with Crippen LogP contribution in [0.4, 0.5) is 5.13 Å². The fourth-order valence-corrected chi connectivity index (χ4v) is 4.38. The molecule has 1 aromatic heterocycles. The first kappa shape index (κ1) is 12.0. The first-order valence-corrected chi connectivity index (χ1v) is 7.46. The molecular formula is C13H18N2O2S. The fourth-order valence-electron chi connectivity index (χ4n) is 3.40. The minimum absolute atomic E-state index is 0.232. The summed E-state index contributed by atoms with van der Waals surface area (Å²) in [4.78, 5) is 18.6. The highest BCUT2D eigenvalue weighted by atomic mass is 32.1. The minimum Gasteiger partial charge on any atom is -0.476 e. The van der Waals surface area contributed by atoms with Gasteiger partial charge in [-0.15, -0.1) is 11.3 Å². The van der Waals surface area contributed by atoms with Crippen LogP contribution in [0.25, 0.3) is 0 Å². The van der Waals surface area contributed by atoms with Crippen molar-refractivity contribution < 1.29 is 9.90 Å². The van der Waals surface area contributed by atoms with E-state index in [0.29, 0.717) is 6.04 Å². The summed E-state index contributed by atoms with van der Waals surface area (Å²) in [5, 5.41) is 10.0. The van der Waals surface area contributed by atoms with E-state index in [1.54, 1.807) is 0 Å². The van der Waals surface area contributed by atoms with Crippen LogP contribution in [0.5, 0.6) is 0 Å². The highest BCUT2D eigenvalue weighted by Gasteiger charge is 2.36. The van der Waals surface area contributed by atoms with Crippen LogP contribution in [0, 0.1) is 12.8 Å². The number of carboxylic acids is 1. The van der Waals surface area contributed by atoms with Crippen LogP contribution in [-0.4, -0.2) is 28.6 Å². The van der Waals surface area contributed by atoms with Gasteiger partial charge in [-0.05, 0) is 38.5 Å². The number of hydrogen-bond donors (Lipinski definition) is 1. The number of carbonyl (C=O) groups is 1. The number of fused-ring (bicyclic) bond motifs is 1. The van der Waals surface area contributed by atoms with Gasteiger partial charge in [-0.2, -0.15) is 0 Å². The zero-order chi connectivity index (χ0) is 12.7. The Morgan fingerprint density at radius 1 is 1.39 bits per heavy atom. The van der Waals surface area contributed by atoms with Crippen molar-refractivity contribution in [2.45, 2.75) is 45.1 Å². The van der Waals surface area contributed by atoms with Crippen molar-refractivity contribution in [3.63, 3.8) is 0 Å². The Hall–Kier alpha value is -1.10. The van der Waals surface area contributed by atoms with Crippen LogP contribution in [0.2, 0.25) is 0 Å². The van der Waals surface area contributed by atoms with Gasteiger partial charge in [0.25, 0.3) is 0 Å². The van der Waals surface area contributed by atoms with E-state index in [1.807, 2.05) is 6.92 Å². The van der Waals surface area contributed by atoms with E-state index in [2.05, 4.69) is 9.88 Å². The van der Waals surface area contributed by atoms with Crippen LogP contribution in [-0.2, 0) is 0 Å². The second kappa shape index (κ2) is 4.53. The largest absolute Gasteiger partial charge is 0.476 e. The molecule has 18 heavy (non-hydrogen) atoms. The van der Waals surface area contributed by atoms with E-state index in [0.717, 1.165) is 22.5 Å². The van der Waals surface area contributed by atoms with Crippen LogP contribution < -0.4 is 4.90 Å². The van der Waals surface area contributed by atoms with Gasteiger partial charge in [0, 0.05) is 17.5 Å². The van der Waals surface area contributed by atoms with Crippen molar-refractivity contribution in [2.24, 2.45) is 5.92 Å². The summed E-state index contributed by atoms with van der Waals surface area (Å²) < 4.78 is 0. The van der Waals surface area contributed by atoms with E-state index in [-0.39, 0.29) is 5.69 Å². The lowest BCUT2D eigenvalue weighted by atomic mass is 9.92. The molecule has 2 heterocycles. The molecule has 0 bridgehead atoms. The average molecular weight is 266 g/mol. The molecule has 0 amide bonds. The van der Waals surface area contributed by atoms with E-state index < -0.39 is 5.97 Å². The van der Waals surface area contributed by atoms with Gasteiger partial charge in [-0.25, -0.2) is 9.78 Å². The number of piperidine rings is 1. The molecule has 5 heteroatoms. The predicted molar refractivity (Wildman–Crippen MR) is 71.5 cm³/mol. The maximum atomic E-state index is 11.1. The summed E-state index contributed by atoms with van der Waals surface area (Å²) in [6, 6.07) is 0.603. The number of hydrogen-bond acceptors (Lipinski definition) is 4. The van der Waals surface area contributed by atoms with Gasteiger partial charge in [0.1, 0.15) is 0 Å². The molecule has 0 radical (unpaired) electrons. The van der Waals surface area contributed by atoms with Gasteiger partial charge >= 0.3 is 5.97 Å². The topological polar surface area (TPSA) is 53.4 Å². The molecule has 98 valence electrons. The molecule has 3 rings (SSSR count). The lowest BCUT2D eigenvalue weighted by molar-refractivity contribution is 0.0690. The maximum absolute atomic E-state index is 11.1. The number of thiazole rings is 1. The molecule has 2 fully saturated rings. The second-order valence-corrected chi connectivity index (χ2v) is 6.48. The number of aromatic carboxylic acids is 1. The number of nitrogens with zero attached hydrogens (tertiary/aromatic N) is 2. The second-order valence-electron chi connectivity index (χ2n) is 5.30. The van der Waals surface area contributed by atoms with Crippen molar-refractivity contribution in [3.8, 4) is 0 Å². The first-order chi connectivity index (χ1) is 8.66. The zero-order valence-electron chi connectivity index (χ0n) is 10.6. The summed E-state index contributed by atoms with van der Waals surface area (Å²) in [6.45, 7) is 2.88. The molecule has 1 N–H and O–H groups in total. The average Bonchev–Trinajstić information content (AvgIpc) is 2.94. The van der Waals surface area contributed by atoms with E-state index in [9.17, 15) is 4.79 Å². The summed E-state index contributed by atoms with van der Waals surface area (Å²) in [6.07, 6.45) is 6.42. The van der Waals surface area contributed by atoms with Crippen molar-refractivity contribution >= 4 is 22.4 Å². The third-order valence-corrected chi connectivity index (χ3v) is 5.23. The summed E-state index contributed by atoms with van der Waals surface area (Å²) in [5.41, 5.74) is 0.232. The molecule has 1 aliphatic carbocycles. The Bertz CT molecular complexity index is 472. The Balaban J connectivity index is 1.89. The molecular weight excluding hydrogens is 248 g/mol. The number of rotatable bonds is 2. The van der Waals surface area contributed by atoms with Crippen molar-refractivity contribution in [3.05, 3.63) is 10.6 Å². The highest BCUT2D eigenvalue weighted by Crippen LogP contribution is 2.40. The smallest absolute Gasteiger partial charge is 0.355 e. The molecule has 1 saturated carbocycles. The molecule has 1 aliphatic heterocycles. The normalized spacial score (nSPS) is 27.3. The third-order valence-electron chi connectivity index (χ3n) is 4.23. The van der Waals surface area contributed by atoms with E-state index in [1.165, 1.54) is 43.4 Å². The Kier molecular flexibility index (Phi) is 3.01. The van der Waals surface area contributed by atoms with Crippen LogP contribution in [0.1, 0.15) is 47.5 Å². The Labute approximate surface area is 111 Å². The fraction of sp³-hybridized carbons (Fsp3) is 0.692. The molecule has 2 atom stereocenters. The van der Waals surface area contributed by atoms with Gasteiger partial charge in [-0.1, -0.05) is 6.42 Å². The number of anilines is 1. The van der Waals surface area contributed by atoms with Gasteiger partial charge in [0.15, 0.2) is 10.8 Å². The minimum atomic E-state index is -0.907. The molecule has 1 saturated heterocycles. The summed E-state index contributed by atoms with van der Waals surface area (Å²) in [5.74, 6) is -0.105. The third kappa shape index (κ3) is 1.90. The molecule has 4 nitrogen and oxygen atoms in total. The van der Waals surface area contributed by atoms with Gasteiger partial charge in [0.05, 0.1) is 0 Å². The monoisotopic (exact) mass is 266 g/mol. The zero-order valence-corrected chi connectivity index (χ0v) is 11.4. The molecule has 2 aliphatic rings. The lowest BCUT2D eigenvalue weighted by Crippen LogP contribution is -2.42. The summed E-state index contributed by atoms with van der Waals surface area (Å²) >= 11 is 1.53. The maximum Gasteiger partial charge on any atom is 0.355 e. The summed E-state index contributed by atoms with van der Waals surface area (Å²) in [7, 11) is 0. The van der Waals surface area contributed by atoms with E-state index >= 15 is 0 Å². The van der Waals surface area contributed by atoms with Crippen LogP contribution in [0.15, 0.2) is 0 Å². The molecule has 1 aromatic rings. The van der Waals surface area contributed by atoms with E-state index in [4.69, 9.17) is 5.11 Å². The van der Waals surface area contributed by atoms with Gasteiger partial charge in [-0.3, -0.25) is 0 Å². The van der Waals surface area contributed by atoms with Crippen molar-refractivity contribution in [1.29, 1.82) is 0 Å². The number of aryl methyl sites for hydroxylation is 1. The predicted octanol–water partition coefficient (Wildman–Crippen LogP) is 2.92. The molecule has 0 aromatic carbocycles. The van der Waals surface area contributed by atoms with Gasteiger partial charge < -0.3 is 10.0 Å². The lowest BCUT2D eigenvalue weighted by Gasteiger charge is -2.37. The first-order valence-electron chi connectivity index (χ1n) is 6.64. The number of aromatic nitrogens is 1. The highest BCUT2D eigenvalue weighted by molar-refractivity contribution is 7.15. The molecule has 2 unspecified atom stereocenters. The SMILES string of the molecule is Cc1sc(N2CCCC3CCCC32)nc1C(=O)O. The van der Waals surface area contributed by atoms with Crippen LogP contribution >= 0.6 is 11.3 Å². The quantitative estimate of drug-likeness (QED) is 0.894. The Morgan fingerprint density at radius 2 is 2.17 bits per heavy atom. The number of carboxylic acid groups (broad SMARTS) is 1. The standard InChI is InChI=1S/C13H18N2O2S/c1-8-11(12(16)17)14-13(18-8)15-7-3-5-9-4-2-6-10(9)15/h9-10H,2-7H2,1H3,(H,16,17). The van der Waals surface area contributed by atoms with Crippen molar-refractivity contribution in [2.75, 3.05) is 11.4 Å². The van der Waals surface area contributed by atoms with Crippen molar-refractivity contribution in [1.82, 2.24) is 4.98 Å². The van der Waals surface area contributed by atoms with Gasteiger partial charge in [0.2, 0.25) is 0 Å².